The van der Waals surface area contributed by atoms with Crippen LogP contribution in [0, 0.1) is 10.1 Å². The minimum absolute atomic E-state index is 0.116. The Balaban J connectivity index is 2.64. The van der Waals surface area contributed by atoms with Crippen LogP contribution in [0.25, 0.3) is 0 Å². The van der Waals surface area contributed by atoms with E-state index < -0.39 is 10.5 Å². The van der Waals surface area contributed by atoms with Gasteiger partial charge in [0, 0.05) is 24.7 Å². The van der Waals surface area contributed by atoms with Crippen LogP contribution in [-0.2, 0) is 11.3 Å². The summed E-state index contributed by atoms with van der Waals surface area (Å²) in [4.78, 5) is 33.2. The zero-order chi connectivity index (χ0) is 15.1. The normalized spacial score (nSPS) is 11.9. The van der Waals surface area contributed by atoms with E-state index in [-0.39, 0.29) is 24.2 Å². The molecule has 1 atom stereocenters. The molecule has 20 heavy (non-hydrogen) atoms. The standard InChI is InChI=1S/C12H18N4O4/c1-3-13-9(2)6-14-11(17)8-15-7-10(16(19)20)4-5-12(15)18/h4-5,7,9,13H,3,6,8H2,1-2H3,(H,14,17)/t9-/m1/s1. The highest BCUT2D eigenvalue weighted by atomic mass is 16.6. The van der Waals surface area contributed by atoms with Crippen molar-refractivity contribution in [1.29, 1.82) is 0 Å². The summed E-state index contributed by atoms with van der Waals surface area (Å²) in [5.41, 5.74) is -0.677. The zero-order valence-electron chi connectivity index (χ0n) is 11.5. The maximum atomic E-state index is 11.7. The van der Waals surface area contributed by atoms with Gasteiger partial charge in [-0.3, -0.25) is 24.3 Å². The van der Waals surface area contributed by atoms with E-state index in [1.54, 1.807) is 0 Å². The van der Waals surface area contributed by atoms with Crippen LogP contribution >= 0.6 is 0 Å². The van der Waals surface area contributed by atoms with Crippen LogP contribution in [0.15, 0.2) is 23.1 Å². The van der Waals surface area contributed by atoms with E-state index in [1.165, 1.54) is 0 Å². The van der Waals surface area contributed by atoms with E-state index in [0.717, 1.165) is 29.4 Å². The van der Waals surface area contributed by atoms with E-state index in [1.807, 2.05) is 13.8 Å². The van der Waals surface area contributed by atoms with Gasteiger partial charge in [-0.2, -0.15) is 0 Å². The number of hydrogen-bond donors (Lipinski definition) is 2. The van der Waals surface area contributed by atoms with E-state index >= 15 is 0 Å². The maximum absolute atomic E-state index is 11.7. The summed E-state index contributed by atoms with van der Waals surface area (Å²) in [5.74, 6) is -0.364. The molecule has 0 bridgehead atoms. The average Bonchev–Trinajstić information content (AvgIpc) is 2.39. The molecule has 0 spiro atoms. The monoisotopic (exact) mass is 282 g/mol. The molecule has 0 saturated heterocycles. The van der Waals surface area contributed by atoms with Crippen LogP contribution in [0.1, 0.15) is 13.8 Å². The van der Waals surface area contributed by atoms with E-state index in [9.17, 15) is 19.7 Å². The molecule has 1 aromatic heterocycles. The van der Waals surface area contributed by atoms with Gasteiger partial charge in [0.25, 0.3) is 11.2 Å². The number of carbonyl (C=O) groups is 1. The van der Waals surface area contributed by atoms with Crippen molar-refractivity contribution in [3.05, 3.63) is 38.8 Å². The minimum atomic E-state index is -0.610. The topological polar surface area (TPSA) is 106 Å². The third-order valence-corrected chi connectivity index (χ3v) is 2.65. The Morgan fingerprint density at radius 2 is 2.20 bits per heavy atom. The Labute approximate surface area is 115 Å². The van der Waals surface area contributed by atoms with Crippen molar-refractivity contribution in [3.8, 4) is 0 Å². The van der Waals surface area contributed by atoms with Gasteiger partial charge in [0.05, 0.1) is 11.1 Å². The number of amides is 1. The molecule has 8 heteroatoms. The molecule has 0 aromatic carbocycles. The molecule has 0 unspecified atom stereocenters. The van der Waals surface area contributed by atoms with E-state index in [4.69, 9.17) is 0 Å². The van der Waals surface area contributed by atoms with Crippen molar-refractivity contribution >= 4 is 11.6 Å². The van der Waals surface area contributed by atoms with Crippen LogP contribution < -0.4 is 16.2 Å². The molecule has 0 saturated carbocycles. The number of pyridine rings is 1. The molecule has 0 fully saturated rings. The fourth-order valence-electron chi connectivity index (χ4n) is 1.65. The van der Waals surface area contributed by atoms with Crippen molar-refractivity contribution in [2.45, 2.75) is 26.4 Å². The number of aromatic nitrogens is 1. The lowest BCUT2D eigenvalue weighted by molar-refractivity contribution is -0.385. The molecular weight excluding hydrogens is 264 g/mol. The van der Waals surface area contributed by atoms with Gasteiger partial charge in [0.2, 0.25) is 5.91 Å². The molecule has 1 rings (SSSR count). The smallest absolute Gasteiger partial charge is 0.285 e. The highest BCUT2D eigenvalue weighted by Crippen LogP contribution is 2.05. The summed E-state index contributed by atoms with van der Waals surface area (Å²) in [6, 6.07) is 2.31. The van der Waals surface area contributed by atoms with Crippen molar-refractivity contribution < 1.29 is 9.72 Å². The van der Waals surface area contributed by atoms with Gasteiger partial charge in [-0.15, -0.1) is 0 Å². The first-order chi connectivity index (χ1) is 9.43. The first kappa shape index (κ1) is 15.8. The van der Waals surface area contributed by atoms with Gasteiger partial charge >= 0.3 is 0 Å². The summed E-state index contributed by atoms with van der Waals surface area (Å²) < 4.78 is 1.02. The van der Waals surface area contributed by atoms with Gasteiger partial charge in [-0.05, 0) is 13.5 Å². The highest BCUT2D eigenvalue weighted by molar-refractivity contribution is 5.75. The third kappa shape index (κ3) is 4.81. The van der Waals surface area contributed by atoms with Gasteiger partial charge in [-0.25, -0.2) is 0 Å². The lowest BCUT2D eigenvalue weighted by atomic mass is 10.3. The fraction of sp³-hybridized carbons (Fsp3) is 0.500. The van der Waals surface area contributed by atoms with Gasteiger partial charge in [-0.1, -0.05) is 6.92 Å². The molecule has 0 aliphatic carbocycles. The van der Waals surface area contributed by atoms with Crippen LogP contribution in [-0.4, -0.2) is 34.5 Å². The Morgan fingerprint density at radius 3 is 2.80 bits per heavy atom. The van der Waals surface area contributed by atoms with Crippen molar-refractivity contribution in [2.24, 2.45) is 0 Å². The van der Waals surface area contributed by atoms with Crippen LogP contribution in [0.2, 0.25) is 0 Å². The van der Waals surface area contributed by atoms with Crippen molar-refractivity contribution in [3.63, 3.8) is 0 Å². The molecule has 110 valence electrons. The second kappa shape index (κ2) is 7.39. The second-order valence-electron chi connectivity index (χ2n) is 4.37. The summed E-state index contributed by atoms with van der Waals surface area (Å²) in [5, 5.41) is 16.4. The van der Waals surface area contributed by atoms with E-state index in [2.05, 4.69) is 10.6 Å². The minimum Gasteiger partial charge on any atom is -0.353 e. The Kier molecular flexibility index (Phi) is 5.85. The quantitative estimate of drug-likeness (QED) is 0.535. The molecule has 1 amide bonds. The average molecular weight is 282 g/mol. The summed E-state index contributed by atoms with van der Waals surface area (Å²) in [7, 11) is 0. The van der Waals surface area contributed by atoms with Gasteiger partial charge in [0.15, 0.2) is 0 Å². The number of nitrogens with zero attached hydrogens (tertiary/aromatic N) is 2. The molecule has 0 aliphatic rings. The summed E-state index contributed by atoms with van der Waals surface area (Å²) >= 11 is 0. The number of hydrogen-bond acceptors (Lipinski definition) is 5. The van der Waals surface area contributed by atoms with Crippen molar-refractivity contribution in [2.75, 3.05) is 13.1 Å². The molecule has 1 heterocycles. The predicted octanol–water partition coefficient (Wildman–Crippen LogP) is -0.129. The molecule has 2 N–H and O–H groups in total. The zero-order valence-corrected chi connectivity index (χ0v) is 11.5. The Hall–Kier alpha value is -2.22. The molecule has 0 aliphatic heterocycles. The molecule has 1 aromatic rings. The molecule has 8 nitrogen and oxygen atoms in total. The number of likely N-dealkylation sites (N-methyl/N-ethyl adjacent to an activating group) is 1. The predicted molar refractivity (Wildman–Crippen MR) is 73.5 cm³/mol. The Bertz CT molecular complexity index is 541. The largest absolute Gasteiger partial charge is 0.353 e. The SMILES string of the molecule is CCN[C@H](C)CNC(=O)Cn1cc([N+](=O)[O-])ccc1=O. The molecular formula is C12H18N4O4. The highest BCUT2D eigenvalue weighted by Gasteiger charge is 2.11. The van der Waals surface area contributed by atoms with Gasteiger partial charge < -0.3 is 10.6 Å². The first-order valence-electron chi connectivity index (χ1n) is 6.29. The van der Waals surface area contributed by atoms with Crippen molar-refractivity contribution in [1.82, 2.24) is 15.2 Å². The number of nitrogens with one attached hydrogen (secondary N) is 2. The summed E-state index contributed by atoms with van der Waals surface area (Å²) in [6.45, 7) is 4.86. The molecule has 0 radical (unpaired) electrons. The second-order valence-corrected chi connectivity index (χ2v) is 4.37. The van der Waals surface area contributed by atoms with Crippen LogP contribution in [0.3, 0.4) is 0 Å². The lowest BCUT2D eigenvalue weighted by Gasteiger charge is -2.13. The third-order valence-electron chi connectivity index (χ3n) is 2.65. The van der Waals surface area contributed by atoms with Crippen LogP contribution in [0.5, 0.6) is 0 Å². The van der Waals surface area contributed by atoms with Crippen LogP contribution in [0.4, 0.5) is 5.69 Å². The number of carbonyl (C=O) groups excluding carboxylic acids is 1. The number of rotatable bonds is 7. The maximum Gasteiger partial charge on any atom is 0.285 e. The Morgan fingerprint density at radius 1 is 1.50 bits per heavy atom. The first-order valence-corrected chi connectivity index (χ1v) is 6.29. The van der Waals surface area contributed by atoms with E-state index in [0.29, 0.717) is 6.54 Å². The summed E-state index contributed by atoms with van der Waals surface area (Å²) in [6.07, 6.45) is 1.07. The fourth-order valence-corrected chi connectivity index (χ4v) is 1.65. The number of nitro groups is 1. The van der Waals surface area contributed by atoms with Gasteiger partial charge in [0.1, 0.15) is 6.54 Å². The lowest BCUT2D eigenvalue weighted by Crippen LogP contribution is -2.40.